The lowest BCUT2D eigenvalue weighted by molar-refractivity contribution is -0.150. The Morgan fingerprint density at radius 3 is 2.79 bits per heavy atom. The molecule has 5 rings (SSSR count). The molecule has 15 nitrogen and oxygen atoms in total. The summed E-state index contributed by atoms with van der Waals surface area (Å²) in [6.07, 6.45) is 1.78. The number of pyridine rings is 2. The molecule has 3 amide bonds. The molecule has 5 heterocycles. The first kappa shape index (κ1) is 29.7. The van der Waals surface area contributed by atoms with Crippen LogP contribution < -0.4 is 21.8 Å². The van der Waals surface area contributed by atoms with Crippen LogP contribution in [0.25, 0.3) is 11.0 Å². The zero-order valence-electron chi connectivity index (χ0n) is 22.8. The molecule has 3 aromatic heterocycles. The summed E-state index contributed by atoms with van der Waals surface area (Å²) in [5.74, 6) is -3.21. The molecule has 17 heteroatoms. The normalized spacial score (nSPS) is 19.0. The number of carbonyl (C=O) groups is 4. The van der Waals surface area contributed by atoms with E-state index in [0.29, 0.717) is 17.4 Å². The number of thiazole rings is 1. The van der Waals surface area contributed by atoms with Crippen molar-refractivity contribution in [3.05, 3.63) is 62.7 Å². The van der Waals surface area contributed by atoms with Crippen molar-refractivity contribution in [2.75, 3.05) is 18.1 Å². The largest absolute Gasteiger partial charge is 0.477 e. The Balaban J connectivity index is 1.36. The number of aromatic nitrogens is 3. The molecule has 3 aromatic rings. The molecule has 2 unspecified atom stereocenters. The SMILES string of the molecule is CCON=C(C(=O)NC1C(=O)N2C(C(=O)O)=C(C(CC)NC(=O)c3cc(=O)c4cccnc4[nH]3)CS[C@@H]12)c1csc(N)n1. The van der Waals surface area contributed by atoms with Gasteiger partial charge in [0.25, 0.3) is 17.7 Å². The number of aliphatic carboxylic acids is 1. The van der Waals surface area contributed by atoms with Crippen molar-refractivity contribution in [2.24, 2.45) is 5.16 Å². The van der Waals surface area contributed by atoms with Gasteiger partial charge >= 0.3 is 5.97 Å². The van der Waals surface area contributed by atoms with Gasteiger partial charge in [-0.1, -0.05) is 12.1 Å². The zero-order valence-corrected chi connectivity index (χ0v) is 24.5. The topological polar surface area (TPSA) is 222 Å². The van der Waals surface area contributed by atoms with Crippen molar-refractivity contribution in [1.29, 1.82) is 0 Å². The predicted molar refractivity (Wildman–Crippen MR) is 158 cm³/mol. The Kier molecular flexibility index (Phi) is 8.45. The summed E-state index contributed by atoms with van der Waals surface area (Å²) in [6.45, 7) is 3.62. The van der Waals surface area contributed by atoms with E-state index in [9.17, 15) is 29.1 Å². The molecule has 0 saturated carbocycles. The van der Waals surface area contributed by atoms with E-state index < -0.39 is 46.6 Å². The number of nitrogens with zero attached hydrogens (tertiary/aromatic N) is 4. The monoisotopic (exact) mass is 626 g/mol. The van der Waals surface area contributed by atoms with Crippen LogP contribution in [-0.2, 0) is 19.2 Å². The molecule has 2 aliphatic rings. The summed E-state index contributed by atoms with van der Waals surface area (Å²) in [4.78, 5) is 81.5. The number of β-lactam (4-membered cyclic amide) rings is 1. The molecule has 0 aromatic carbocycles. The van der Waals surface area contributed by atoms with E-state index in [-0.39, 0.29) is 45.9 Å². The number of thioether (sulfide) groups is 1. The van der Waals surface area contributed by atoms with E-state index in [4.69, 9.17) is 10.6 Å². The average molecular weight is 627 g/mol. The average Bonchev–Trinajstić information content (AvgIpc) is 3.43. The fourth-order valence-corrected chi connectivity index (χ4v) is 6.69. The lowest BCUT2D eigenvalue weighted by atomic mass is 9.97. The summed E-state index contributed by atoms with van der Waals surface area (Å²) in [5, 5.41) is 20.7. The van der Waals surface area contributed by atoms with Gasteiger partial charge in [-0.25, -0.2) is 14.8 Å². The molecule has 0 aliphatic carbocycles. The molecule has 6 N–H and O–H groups in total. The van der Waals surface area contributed by atoms with Crippen LogP contribution in [0.5, 0.6) is 0 Å². The van der Waals surface area contributed by atoms with Crippen molar-refractivity contribution in [3.8, 4) is 0 Å². The number of fused-ring (bicyclic) bond motifs is 2. The van der Waals surface area contributed by atoms with Crippen LogP contribution in [0.4, 0.5) is 5.13 Å². The van der Waals surface area contributed by atoms with Gasteiger partial charge in [0, 0.05) is 23.4 Å². The van der Waals surface area contributed by atoms with Crippen LogP contribution in [0.2, 0.25) is 0 Å². The number of rotatable bonds is 10. The Labute approximate surface area is 251 Å². The molecule has 0 bridgehead atoms. The highest BCUT2D eigenvalue weighted by molar-refractivity contribution is 8.00. The highest BCUT2D eigenvalue weighted by atomic mass is 32.2. The maximum absolute atomic E-state index is 13.2. The highest BCUT2D eigenvalue weighted by Crippen LogP contribution is 2.41. The van der Waals surface area contributed by atoms with Crippen LogP contribution in [0.1, 0.15) is 36.5 Å². The fourth-order valence-electron chi connectivity index (χ4n) is 4.72. The number of nitrogens with two attached hydrogens (primary N) is 1. The lowest BCUT2D eigenvalue weighted by Gasteiger charge is -2.50. The number of carbonyl (C=O) groups excluding carboxylic acids is 3. The number of hydrogen-bond acceptors (Lipinski definition) is 12. The van der Waals surface area contributed by atoms with Gasteiger partial charge in [-0.05, 0) is 31.1 Å². The van der Waals surface area contributed by atoms with Crippen molar-refractivity contribution >= 4 is 68.7 Å². The number of carboxylic acids is 1. The van der Waals surface area contributed by atoms with E-state index in [0.717, 1.165) is 22.3 Å². The number of amides is 3. The molecular formula is C26H26N8O7S2. The van der Waals surface area contributed by atoms with E-state index >= 15 is 0 Å². The zero-order chi connectivity index (χ0) is 30.8. The van der Waals surface area contributed by atoms with E-state index in [2.05, 4.69) is 30.7 Å². The molecule has 0 spiro atoms. The predicted octanol–water partition coefficient (Wildman–Crippen LogP) is 0.650. The van der Waals surface area contributed by atoms with Gasteiger partial charge in [0.05, 0.1) is 11.4 Å². The quantitative estimate of drug-likeness (QED) is 0.119. The Hall–Kier alpha value is -4.77. The minimum atomic E-state index is -1.36. The minimum Gasteiger partial charge on any atom is -0.477 e. The first-order chi connectivity index (χ1) is 20.6. The molecule has 1 fully saturated rings. The summed E-state index contributed by atoms with van der Waals surface area (Å²) in [6, 6.07) is 2.53. The molecule has 43 heavy (non-hydrogen) atoms. The van der Waals surface area contributed by atoms with Crippen LogP contribution in [0, 0.1) is 0 Å². The summed E-state index contributed by atoms with van der Waals surface area (Å²) in [5.41, 5.74) is 5.54. The molecule has 1 saturated heterocycles. The number of anilines is 1. The number of H-pyrrole nitrogens is 1. The van der Waals surface area contributed by atoms with E-state index in [1.807, 2.05) is 0 Å². The third kappa shape index (κ3) is 5.68. The second-order valence-corrected chi connectivity index (χ2v) is 11.3. The second kappa shape index (κ2) is 12.2. The van der Waals surface area contributed by atoms with E-state index in [1.54, 1.807) is 26.0 Å². The van der Waals surface area contributed by atoms with Gasteiger partial charge in [0.2, 0.25) is 0 Å². The highest BCUT2D eigenvalue weighted by Gasteiger charge is 2.55. The van der Waals surface area contributed by atoms with Crippen LogP contribution in [0.15, 0.2) is 51.0 Å². The molecule has 224 valence electrons. The van der Waals surface area contributed by atoms with Gasteiger partial charge in [-0.2, -0.15) is 0 Å². The smallest absolute Gasteiger partial charge is 0.352 e. The number of aromatic amines is 1. The minimum absolute atomic E-state index is 0.0392. The number of carboxylic acid groups (broad SMARTS) is 1. The maximum atomic E-state index is 13.2. The second-order valence-electron chi connectivity index (χ2n) is 9.35. The standard InChI is InChI=1S/C26H26N8O7S2/c1-3-13(30-21(36)14-8-16(35)11-6-5-7-28-20(11)29-14)12-9-42-24-18(23(38)34(24)19(12)25(39)40)32-22(37)17(33-41-4-2)15-10-43-26(27)31-15/h5-8,10,13,18,24H,3-4,9H2,1-2H3,(H2,27,31)(H,30,36)(H,32,37)(H,39,40)(H,28,29,35)/t13?,18?,24-/m0/s1. The van der Waals surface area contributed by atoms with Crippen molar-refractivity contribution in [1.82, 2.24) is 30.5 Å². The number of nitrogen functional groups attached to an aromatic ring is 1. The molecule has 0 radical (unpaired) electrons. The van der Waals surface area contributed by atoms with Crippen LogP contribution in [-0.4, -0.2) is 84.2 Å². The summed E-state index contributed by atoms with van der Waals surface area (Å²) < 4.78 is 0. The van der Waals surface area contributed by atoms with Crippen LogP contribution >= 0.6 is 23.1 Å². The van der Waals surface area contributed by atoms with Crippen molar-refractivity contribution in [3.63, 3.8) is 0 Å². The van der Waals surface area contributed by atoms with E-state index in [1.165, 1.54) is 23.3 Å². The van der Waals surface area contributed by atoms with Crippen LogP contribution in [0.3, 0.4) is 0 Å². The number of hydrogen-bond donors (Lipinski definition) is 5. The Morgan fingerprint density at radius 2 is 2.12 bits per heavy atom. The van der Waals surface area contributed by atoms with Crippen molar-refractivity contribution in [2.45, 2.75) is 37.7 Å². The Bertz CT molecular complexity index is 1750. The van der Waals surface area contributed by atoms with Gasteiger partial charge in [0.15, 0.2) is 16.3 Å². The molecule has 3 atom stereocenters. The summed E-state index contributed by atoms with van der Waals surface area (Å²) in [7, 11) is 0. The maximum Gasteiger partial charge on any atom is 0.352 e. The van der Waals surface area contributed by atoms with Gasteiger partial charge < -0.3 is 31.3 Å². The first-order valence-corrected chi connectivity index (χ1v) is 15.0. The van der Waals surface area contributed by atoms with Gasteiger partial charge in [0.1, 0.15) is 40.8 Å². The lowest BCUT2D eigenvalue weighted by Crippen LogP contribution is -2.71. The van der Waals surface area contributed by atoms with Crippen molar-refractivity contribution < 1.29 is 29.1 Å². The third-order valence-electron chi connectivity index (χ3n) is 6.73. The van der Waals surface area contributed by atoms with Gasteiger partial charge in [-0.3, -0.25) is 24.1 Å². The molecular weight excluding hydrogens is 600 g/mol. The van der Waals surface area contributed by atoms with Gasteiger partial charge in [-0.15, -0.1) is 23.1 Å². The summed E-state index contributed by atoms with van der Waals surface area (Å²) >= 11 is 2.34. The molecule has 2 aliphatic heterocycles. The first-order valence-electron chi connectivity index (χ1n) is 13.1. The Morgan fingerprint density at radius 1 is 1.33 bits per heavy atom. The number of oxime groups is 1. The fraction of sp³-hybridized carbons (Fsp3) is 0.308. The number of nitrogens with one attached hydrogen (secondary N) is 3. The third-order valence-corrected chi connectivity index (χ3v) is 8.71.